The third kappa shape index (κ3) is 4.38. The van der Waals surface area contributed by atoms with E-state index in [4.69, 9.17) is 12.6 Å². The van der Waals surface area contributed by atoms with Crippen molar-refractivity contribution in [1.29, 1.82) is 0 Å². The maximum absolute atomic E-state index is 4.70. The van der Waals surface area contributed by atoms with Crippen LogP contribution in [0.5, 0.6) is 0 Å². The Balaban J connectivity index is 2.63. The first kappa shape index (κ1) is 18.3. The molecular formula is C17H36N2S. The Morgan fingerprint density at radius 1 is 1.05 bits per heavy atom. The summed E-state index contributed by atoms with van der Waals surface area (Å²) < 4.78 is 0. The van der Waals surface area contributed by atoms with Crippen LogP contribution in [0.15, 0.2) is 0 Å². The Morgan fingerprint density at radius 2 is 1.60 bits per heavy atom. The highest BCUT2D eigenvalue weighted by atomic mass is 32.1. The molecule has 0 aliphatic heterocycles. The van der Waals surface area contributed by atoms with E-state index >= 15 is 0 Å². The zero-order valence-corrected chi connectivity index (χ0v) is 15.3. The molecule has 0 aromatic heterocycles. The Labute approximate surface area is 132 Å². The largest absolute Gasteiger partial charge is 0.304 e. The van der Waals surface area contributed by atoms with Crippen molar-refractivity contribution in [1.82, 2.24) is 9.80 Å². The molecule has 0 spiro atoms. The van der Waals surface area contributed by atoms with Gasteiger partial charge < -0.3 is 9.80 Å². The lowest BCUT2D eigenvalue weighted by atomic mass is 9.74. The second-order valence-electron chi connectivity index (χ2n) is 7.30. The second-order valence-corrected chi connectivity index (χ2v) is 7.62. The molecule has 0 aromatic rings. The summed E-state index contributed by atoms with van der Waals surface area (Å²) >= 11 is 4.70. The molecule has 0 heterocycles. The maximum Gasteiger partial charge on any atom is 0.0330 e. The predicted octanol–water partition coefficient (Wildman–Crippen LogP) is 3.92. The molecule has 2 nitrogen and oxygen atoms in total. The Hall–Kier alpha value is 0.270. The zero-order valence-electron chi connectivity index (χ0n) is 14.4. The summed E-state index contributed by atoms with van der Waals surface area (Å²) in [4.78, 5) is 5.04. The topological polar surface area (TPSA) is 6.48 Å². The zero-order chi connectivity index (χ0) is 15.2. The summed E-state index contributed by atoms with van der Waals surface area (Å²) in [6.07, 6.45) is 9.28. The van der Waals surface area contributed by atoms with Crippen molar-refractivity contribution in [3.63, 3.8) is 0 Å². The average Bonchev–Trinajstić information content (AvgIpc) is 2.33. The molecule has 1 rings (SSSR count). The highest BCUT2D eigenvalue weighted by molar-refractivity contribution is 7.80. The first-order valence-corrected chi connectivity index (χ1v) is 9.04. The van der Waals surface area contributed by atoms with Crippen LogP contribution in [-0.2, 0) is 0 Å². The van der Waals surface area contributed by atoms with Crippen LogP contribution in [0.25, 0.3) is 0 Å². The maximum atomic E-state index is 4.70. The molecule has 0 N–H and O–H groups in total. The van der Waals surface area contributed by atoms with Crippen LogP contribution in [-0.4, -0.2) is 55.3 Å². The smallest absolute Gasteiger partial charge is 0.0330 e. The third-order valence-corrected chi connectivity index (χ3v) is 5.97. The fourth-order valence-electron chi connectivity index (χ4n) is 4.01. The molecule has 1 aliphatic rings. The van der Waals surface area contributed by atoms with Crippen LogP contribution in [0.4, 0.5) is 0 Å². The van der Waals surface area contributed by atoms with Crippen LogP contribution < -0.4 is 0 Å². The first-order chi connectivity index (χ1) is 9.43. The summed E-state index contributed by atoms with van der Waals surface area (Å²) in [6, 6.07) is 0. The van der Waals surface area contributed by atoms with E-state index in [1.807, 2.05) is 0 Å². The monoisotopic (exact) mass is 300 g/mol. The Morgan fingerprint density at radius 3 is 1.90 bits per heavy atom. The van der Waals surface area contributed by atoms with Gasteiger partial charge in [-0.2, -0.15) is 12.6 Å². The van der Waals surface area contributed by atoms with Gasteiger partial charge in [0.25, 0.3) is 0 Å². The van der Waals surface area contributed by atoms with E-state index in [2.05, 4.69) is 44.8 Å². The van der Waals surface area contributed by atoms with Gasteiger partial charge in [-0.25, -0.2) is 0 Å². The van der Waals surface area contributed by atoms with Crippen molar-refractivity contribution in [2.45, 2.75) is 64.3 Å². The van der Waals surface area contributed by atoms with Gasteiger partial charge >= 0.3 is 0 Å². The molecule has 20 heavy (non-hydrogen) atoms. The lowest BCUT2D eigenvalue weighted by molar-refractivity contribution is 0.0158. The minimum absolute atomic E-state index is 0.415. The highest BCUT2D eigenvalue weighted by Crippen LogP contribution is 2.38. The SMILES string of the molecule is CCCC(CS)(CCC)CN(C)CC1(N(C)C)CCC1. The molecule has 0 unspecified atom stereocenters. The molecule has 0 atom stereocenters. The Kier molecular flexibility index (Phi) is 7.37. The fourth-order valence-corrected chi connectivity index (χ4v) is 4.43. The molecule has 0 saturated heterocycles. The van der Waals surface area contributed by atoms with Crippen molar-refractivity contribution >= 4 is 12.6 Å². The number of hydrogen-bond acceptors (Lipinski definition) is 3. The number of nitrogens with zero attached hydrogens (tertiary/aromatic N) is 2. The number of hydrogen-bond donors (Lipinski definition) is 1. The van der Waals surface area contributed by atoms with E-state index in [-0.39, 0.29) is 0 Å². The molecule has 3 heteroatoms. The summed E-state index contributed by atoms with van der Waals surface area (Å²) in [7, 11) is 6.81. The summed E-state index contributed by atoms with van der Waals surface area (Å²) in [5.74, 6) is 1.02. The lowest BCUT2D eigenvalue weighted by Gasteiger charge is -2.50. The van der Waals surface area contributed by atoms with Gasteiger partial charge in [-0.3, -0.25) is 0 Å². The van der Waals surface area contributed by atoms with Gasteiger partial charge in [-0.05, 0) is 64.4 Å². The molecule has 0 radical (unpaired) electrons. The second kappa shape index (κ2) is 8.05. The number of likely N-dealkylation sites (N-methyl/N-ethyl adjacent to an activating group) is 2. The van der Waals surface area contributed by atoms with Crippen LogP contribution in [0, 0.1) is 5.41 Å². The summed E-state index contributed by atoms with van der Waals surface area (Å²) in [6.45, 7) is 7.03. The van der Waals surface area contributed by atoms with E-state index < -0.39 is 0 Å². The Bertz CT molecular complexity index is 268. The average molecular weight is 301 g/mol. The quantitative estimate of drug-likeness (QED) is 0.611. The summed E-state index contributed by atoms with van der Waals surface area (Å²) in [5, 5.41) is 0. The fraction of sp³-hybridized carbons (Fsp3) is 1.00. The van der Waals surface area contributed by atoms with E-state index in [0.29, 0.717) is 11.0 Å². The molecule has 1 saturated carbocycles. The normalized spacial score (nSPS) is 18.6. The third-order valence-electron chi connectivity index (χ3n) is 5.30. The van der Waals surface area contributed by atoms with Crippen molar-refractivity contribution in [3.05, 3.63) is 0 Å². The molecule has 1 aliphatic carbocycles. The van der Waals surface area contributed by atoms with E-state index in [1.54, 1.807) is 0 Å². The minimum atomic E-state index is 0.415. The van der Waals surface area contributed by atoms with Gasteiger partial charge in [0.1, 0.15) is 0 Å². The van der Waals surface area contributed by atoms with Crippen molar-refractivity contribution in [2.75, 3.05) is 40.0 Å². The van der Waals surface area contributed by atoms with Gasteiger partial charge in [0.2, 0.25) is 0 Å². The van der Waals surface area contributed by atoms with E-state index in [0.717, 1.165) is 5.75 Å². The van der Waals surface area contributed by atoms with Crippen molar-refractivity contribution < 1.29 is 0 Å². The van der Waals surface area contributed by atoms with Gasteiger partial charge in [0.15, 0.2) is 0 Å². The van der Waals surface area contributed by atoms with E-state index in [9.17, 15) is 0 Å². The van der Waals surface area contributed by atoms with Crippen LogP contribution >= 0.6 is 12.6 Å². The molecular weight excluding hydrogens is 264 g/mol. The highest BCUT2D eigenvalue weighted by Gasteiger charge is 2.40. The molecule has 0 amide bonds. The van der Waals surface area contributed by atoms with Crippen LogP contribution in [0.3, 0.4) is 0 Å². The number of rotatable bonds is 10. The minimum Gasteiger partial charge on any atom is -0.304 e. The van der Waals surface area contributed by atoms with Gasteiger partial charge in [-0.15, -0.1) is 0 Å². The van der Waals surface area contributed by atoms with Crippen molar-refractivity contribution in [3.8, 4) is 0 Å². The summed E-state index contributed by atoms with van der Waals surface area (Å²) in [5.41, 5.74) is 0.855. The van der Waals surface area contributed by atoms with Crippen LogP contribution in [0.2, 0.25) is 0 Å². The van der Waals surface area contributed by atoms with Crippen LogP contribution in [0.1, 0.15) is 58.8 Å². The van der Waals surface area contributed by atoms with Gasteiger partial charge in [0, 0.05) is 18.6 Å². The van der Waals surface area contributed by atoms with E-state index in [1.165, 1.54) is 58.0 Å². The molecule has 0 bridgehead atoms. The molecule has 0 aromatic carbocycles. The standard InChI is InChI=1S/C17H36N2S/c1-6-9-16(15-20,10-7-2)13-19(5)14-17(18(3)4)11-8-12-17/h20H,6-15H2,1-5H3. The first-order valence-electron chi connectivity index (χ1n) is 8.40. The van der Waals surface area contributed by atoms with Gasteiger partial charge in [-0.1, -0.05) is 26.7 Å². The van der Waals surface area contributed by atoms with Gasteiger partial charge in [0.05, 0.1) is 0 Å². The van der Waals surface area contributed by atoms with Crippen molar-refractivity contribution in [2.24, 2.45) is 5.41 Å². The predicted molar refractivity (Wildman–Crippen MR) is 93.9 cm³/mol. The molecule has 1 fully saturated rings. The number of thiol groups is 1. The lowest BCUT2D eigenvalue weighted by Crippen LogP contribution is -2.57. The molecule has 120 valence electrons.